The van der Waals surface area contributed by atoms with Crippen LogP contribution < -0.4 is 5.73 Å². The Labute approximate surface area is 97.0 Å². The van der Waals surface area contributed by atoms with Crippen LogP contribution in [0.3, 0.4) is 0 Å². The van der Waals surface area contributed by atoms with Crippen LogP contribution >= 0.6 is 15.9 Å². The van der Waals surface area contributed by atoms with E-state index in [9.17, 15) is 8.42 Å². The van der Waals surface area contributed by atoms with Gasteiger partial charge in [-0.25, -0.2) is 8.42 Å². The molecular formula is C8H11BrN2O3S. The van der Waals surface area contributed by atoms with Gasteiger partial charge >= 0.3 is 0 Å². The van der Waals surface area contributed by atoms with Gasteiger partial charge in [-0.15, -0.1) is 0 Å². The first-order chi connectivity index (χ1) is 6.89. The fraction of sp³-hybridized carbons (Fsp3) is 0.250. The lowest BCUT2D eigenvalue weighted by Crippen LogP contribution is -2.25. The van der Waals surface area contributed by atoms with Gasteiger partial charge in [0.2, 0.25) is 0 Å². The molecule has 0 spiro atoms. The van der Waals surface area contributed by atoms with Gasteiger partial charge in [0.05, 0.1) is 12.0 Å². The van der Waals surface area contributed by atoms with Gasteiger partial charge in [-0.3, -0.25) is 4.84 Å². The highest BCUT2D eigenvalue weighted by Gasteiger charge is 2.21. The predicted octanol–water partition coefficient (Wildman–Crippen LogP) is 1.21. The van der Waals surface area contributed by atoms with Crippen molar-refractivity contribution in [1.82, 2.24) is 4.47 Å². The first-order valence-corrected chi connectivity index (χ1v) is 6.21. The van der Waals surface area contributed by atoms with Crippen molar-refractivity contribution in [2.75, 3.05) is 19.9 Å². The van der Waals surface area contributed by atoms with Crippen LogP contribution in [0.5, 0.6) is 0 Å². The van der Waals surface area contributed by atoms with E-state index in [0.717, 1.165) is 4.47 Å². The molecule has 1 aromatic rings. The van der Waals surface area contributed by atoms with E-state index in [4.69, 9.17) is 5.73 Å². The van der Waals surface area contributed by atoms with Gasteiger partial charge in [0, 0.05) is 17.2 Å². The zero-order valence-corrected chi connectivity index (χ0v) is 10.7. The standard InChI is InChI=1S/C8H11BrN2O3S/c1-11(14-2)15(12,13)6-3-4-8(10)7(9)5-6/h3-5H,10H2,1-2H3. The van der Waals surface area contributed by atoms with E-state index in [-0.39, 0.29) is 4.90 Å². The Morgan fingerprint density at radius 3 is 2.53 bits per heavy atom. The summed E-state index contributed by atoms with van der Waals surface area (Å²) in [5.74, 6) is 0. The van der Waals surface area contributed by atoms with Crippen LogP contribution in [0.15, 0.2) is 27.6 Å². The maximum atomic E-state index is 11.8. The molecule has 1 rings (SSSR count). The largest absolute Gasteiger partial charge is 0.398 e. The zero-order chi connectivity index (χ0) is 11.6. The highest BCUT2D eigenvalue weighted by Crippen LogP contribution is 2.24. The Balaban J connectivity index is 3.23. The molecular weight excluding hydrogens is 284 g/mol. The number of hydrogen-bond acceptors (Lipinski definition) is 4. The van der Waals surface area contributed by atoms with Gasteiger partial charge < -0.3 is 5.73 Å². The highest BCUT2D eigenvalue weighted by molar-refractivity contribution is 9.10. The Kier molecular flexibility index (Phi) is 3.72. The number of rotatable bonds is 3. The van der Waals surface area contributed by atoms with Crippen molar-refractivity contribution < 1.29 is 13.3 Å². The van der Waals surface area contributed by atoms with E-state index in [0.29, 0.717) is 10.2 Å². The third-order valence-electron chi connectivity index (χ3n) is 1.87. The van der Waals surface area contributed by atoms with Crippen molar-refractivity contribution in [1.29, 1.82) is 0 Å². The molecule has 0 fully saturated rings. The molecule has 0 aliphatic heterocycles. The molecule has 0 saturated heterocycles. The minimum absolute atomic E-state index is 0.118. The topological polar surface area (TPSA) is 72.6 Å². The number of nitrogen functional groups attached to an aromatic ring is 1. The second-order valence-electron chi connectivity index (χ2n) is 2.78. The number of sulfonamides is 1. The first-order valence-electron chi connectivity index (χ1n) is 3.97. The molecule has 84 valence electrons. The third-order valence-corrected chi connectivity index (χ3v) is 4.23. The average Bonchev–Trinajstić information content (AvgIpc) is 2.20. The average molecular weight is 295 g/mol. The molecule has 0 aliphatic rings. The Morgan fingerprint density at radius 1 is 1.47 bits per heavy atom. The van der Waals surface area contributed by atoms with Crippen molar-refractivity contribution in [3.05, 3.63) is 22.7 Å². The summed E-state index contributed by atoms with van der Waals surface area (Å²) >= 11 is 3.16. The van der Waals surface area contributed by atoms with Gasteiger partial charge in [-0.1, -0.05) is 4.47 Å². The number of hydrogen-bond donors (Lipinski definition) is 1. The molecule has 1 aromatic carbocycles. The summed E-state index contributed by atoms with van der Waals surface area (Å²) in [6.45, 7) is 0. The van der Waals surface area contributed by atoms with Crippen molar-refractivity contribution in [2.45, 2.75) is 4.90 Å². The number of anilines is 1. The van der Waals surface area contributed by atoms with Gasteiger partial charge in [0.25, 0.3) is 10.0 Å². The van der Waals surface area contributed by atoms with E-state index < -0.39 is 10.0 Å². The molecule has 5 nitrogen and oxygen atoms in total. The fourth-order valence-corrected chi connectivity index (χ4v) is 2.45. The van der Waals surface area contributed by atoms with Gasteiger partial charge in [0.1, 0.15) is 0 Å². The smallest absolute Gasteiger partial charge is 0.264 e. The summed E-state index contributed by atoms with van der Waals surface area (Å²) in [6.07, 6.45) is 0. The lowest BCUT2D eigenvalue weighted by Gasteiger charge is -2.14. The zero-order valence-electron chi connectivity index (χ0n) is 8.27. The molecule has 2 N–H and O–H groups in total. The van der Waals surface area contributed by atoms with Crippen molar-refractivity contribution in [3.8, 4) is 0 Å². The predicted molar refractivity (Wildman–Crippen MR) is 60.5 cm³/mol. The monoisotopic (exact) mass is 294 g/mol. The van der Waals surface area contributed by atoms with Crippen LogP contribution in [0, 0.1) is 0 Å². The summed E-state index contributed by atoms with van der Waals surface area (Å²) in [6, 6.07) is 4.37. The number of halogens is 1. The maximum Gasteiger partial charge on any atom is 0.264 e. The fourth-order valence-electron chi connectivity index (χ4n) is 0.915. The molecule has 0 bridgehead atoms. The van der Waals surface area contributed by atoms with E-state index in [1.165, 1.54) is 32.4 Å². The molecule has 0 amide bonds. The summed E-state index contributed by atoms with van der Waals surface area (Å²) in [7, 11) is -1.00. The van der Waals surface area contributed by atoms with Crippen LogP contribution in [0.2, 0.25) is 0 Å². The van der Waals surface area contributed by atoms with E-state index in [2.05, 4.69) is 20.8 Å². The first kappa shape index (κ1) is 12.4. The summed E-state index contributed by atoms with van der Waals surface area (Å²) < 4.78 is 24.8. The third kappa shape index (κ3) is 2.49. The van der Waals surface area contributed by atoms with Crippen molar-refractivity contribution in [3.63, 3.8) is 0 Å². The van der Waals surface area contributed by atoms with Gasteiger partial charge in [-0.2, -0.15) is 0 Å². The molecule has 0 radical (unpaired) electrons. The summed E-state index contributed by atoms with van der Waals surface area (Å²) in [4.78, 5) is 4.76. The Hall–Kier alpha value is -0.630. The molecule has 0 saturated carbocycles. The molecule has 0 heterocycles. The Morgan fingerprint density at radius 2 is 2.07 bits per heavy atom. The number of hydroxylamine groups is 1. The minimum Gasteiger partial charge on any atom is -0.398 e. The minimum atomic E-state index is -3.60. The van der Waals surface area contributed by atoms with Gasteiger partial charge in [-0.05, 0) is 34.1 Å². The molecule has 0 atom stereocenters. The summed E-state index contributed by atoms with van der Waals surface area (Å²) in [5, 5.41) is 0. The Bertz CT molecular complexity index is 461. The molecule has 0 unspecified atom stereocenters. The van der Waals surface area contributed by atoms with E-state index >= 15 is 0 Å². The molecule has 7 heteroatoms. The van der Waals surface area contributed by atoms with Crippen LogP contribution in [-0.4, -0.2) is 27.0 Å². The van der Waals surface area contributed by atoms with Crippen molar-refractivity contribution in [2.24, 2.45) is 0 Å². The molecule has 0 aromatic heterocycles. The maximum absolute atomic E-state index is 11.8. The quantitative estimate of drug-likeness (QED) is 0.672. The van der Waals surface area contributed by atoms with Crippen LogP contribution in [0.25, 0.3) is 0 Å². The van der Waals surface area contributed by atoms with Gasteiger partial charge in [0.15, 0.2) is 0 Å². The van der Waals surface area contributed by atoms with E-state index in [1.807, 2.05) is 0 Å². The van der Waals surface area contributed by atoms with Crippen molar-refractivity contribution >= 4 is 31.6 Å². The lowest BCUT2D eigenvalue weighted by atomic mass is 10.3. The highest BCUT2D eigenvalue weighted by atomic mass is 79.9. The second kappa shape index (κ2) is 4.48. The second-order valence-corrected chi connectivity index (χ2v) is 5.57. The number of benzene rings is 1. The number of nitrogens with two attached hydrogens (primary N) is 1. The number of nitrogens with zero attached hydrogens (tertiary/aromatic N) is 1. The molecule has 0 aliphatic carbocycles. The van der Waals surface area contributed by atoms with E-state index in [1.54, 1.807) is 0 Å². The normalized spacial score (nSPS) is 12.0. The SMILES string of the molecule is CON(C)S(=O)(=O)c1ccc(N)c(Br)c1. The molecule has 15 heavy (non-hydrogen) atoms. The van der Waals surface area contributed by atoms with Crippen LogP contribution in [0.4, 0.5) is 5.69 Å². The van der Waals surface area contributed by atoms with Crippen LogP contribution in [-0.2, 0) is 14.9 Å². The van der Waals surface area contributed by atoms with Crippen LogP contribution in [0.1, 0.15) is 0 Å². The lowest BCUT2D eigenvalue weighted by molar-refractivity contribution is -0.0258. The summed E-state index contributed by atoms with van der Waals surface area (Å²) in [5.41, 5.74) is 6.03.